The Morgan fingerprint density at radius 3 is 2.89 bits per heavy atom. The lowest BCUT2D eigenvalue weighted by atomic mass is 10.0. The number of hydrogen-bond acceptors (Lipinski definition) is 2. The molecule has 0 spiro atoms. The second kappa shape index (κ2) is 6.51. The minimum Gasteiger partial charge on any atom is -0.294 e. The summed E-state index contributed by atoms with van der Waals surface area (Å²) in [4.78, 5) is 12.4. The SMILES string of the molecule is CCc1nn(C)c(CC(=O)C2=CCCCCC2)c1Br. The summed E-state index contributed by atoms with van der Waals surface area (Å²) < 4.78 is 2.83. The molecule has 1 aromatic rings. The maximum atomic E-state index is 12.4. The Morgan fingerprint density at radius 1 is 1.42 bits per heavy atom. The van der Waals surface area contributed by atoms with Crippen LogP contribution in [0, 0.1) is 0 Å². The first-order chi connectivity index (χ1) is 9.13. The van der Waals surface area contributed by atoms with E-state index in [-0.39, 0.29) is 5.78 Å². The van der Waals surface area contributed by atoms with Crippen LogP contribution in [0.5, 0.6) is 0 Å². The molecule has 0 saturated carbocycles. The number of rotatable bonds is 4. The molecule has 1 aliphatic rings. The molecule has 19 heavy (non-hydrogen) atoms. The zero-order chi connectivity index (χ0) is 13.8. The van der Waals surface area contributed by atoms with Crippen LogP contribution in [0.25, 0.3) is 0 Å². The third-order valence-electron chi connectivity index (χ3n) is 3.73. The van der Waals surface area contributed by atoms with E-state index >= 15 is 0 Å². The molecule has 0 saturated heterocycles. The summed E-state index contributed by atoms with van der Waals surface area (Å²) in [7, 11) is 1.91. The fourth-order valence-electron chi connectivity index (χ4n) is 2.55. The molecule has 0 N–H and O–H groups in total. The first-order valence-corrected chi connectivity index (χ1v) is 7.85. The second-order valence-corrected chi connectivity index (χ2v) is 5.91. The molecule has 2 rings (SSSR count). The molecule has 0 aliphatic heterocycles. The van der Waals surface area contributed by atoms with Gasteiger partial charge in [-0.15, -0.1) is 0 Å². The van der Waals surface area contributed by atoms with Crippen molar-refractivity contribution in [1.82, 2.24) is 9.78 Å². The largest absolute Gasteiger partial charge is 0.294 e. The minimum absolute atomic E-state index is 0.258. The molecule has 1 aromatic heterocycles. The maximum absolute atomic E-state index is 12.4. The summed E-state index contributed by atoms with van der Waals surface area (Å²) in [6.07, 6.45) is 9.06. The lowest BCUT2D eigenvalue weighted by molar-refractivity contribution is -0.115. The van der Waals surface area contributed by atoms with E-state index in [2.05, 4.69) is 34.0 Å². The van der Waals surface area contributed by atoms with Gasteiger partial charge in [0.2, 0.25) is 0 Å². The van der Waals surface area contributed by atoms with Gasteiger partial charge in [-0.2, -0.15) is 5.10 Å². The first-order valence-electron chi connectivity index (χ1n) is 7.06. The Morgan fingerprint density at radius 2 is 2.21 bits per heavy atom. The molecule has 4 heteroatoms. The van der Waals surface area contributed by atoms with Gasteiger partial charge in [0.25, 0.3) is 0 Å². The van der Waals surface area contributed by atoms with Crippen molar-refractivity contribution in [1.29, 1.82) is 0 Å². The fourth-order valence-corrected chi connectivity index (χ4v) is 3.30. The van der Waals surface area contributed by atoms with Crippen molar-refractivity contribution in [3.05, 3.63) is 27.5 Å². The van der Waals surface area contributed by atoms with E-state index in [4.69, 9.17) is 0 Å². The van der Waals surface area contributed by atoms with Crippen LogP contribution in [0.3, 0.4) is 0 Å². The van der Waals surface area contributed by atoms with Crippen LogP contribution in [0.1, 0.15) is 50.4 Å². The molecule has 0 atom stereocenters. The third kappa shape index (κ3) is 3.35. The molecule has 0 radical (unpaired) electrons. The van der Waals surface area contributed by atoms with Crippen LogP contribution in [-0.2, 0) is 24.7 Å². The minimum atomic E-state index is 0.258. The van der Waals surface area contributed by atoms with Gasteiger partial charge in [-0.05, 0) is 53.6 Å². The molecule has 0 amide bonds. The number of carbonyl (C=O) groups is 1. The summed E-state index contributed by atoms with van der Waals surface area (Å²) in [5, 5.41) is 4.44. The molecule has 0 fully saturated rings. The quantitative estimate of drug-likeness (QED) is 0.845. The number of nitrogens with zero attached hydrogens (tertiary/aromatic N) is 2. The standard InChI is InChI=1S/C15H21BrN2O/c1-3-12-15(16)13(18(2)17-12)10-14(19)11-8-6-4-5-7-9-11/h8H,3-7,9-10H2,1-2H3. The molecular weight excluding hydrogens is 304 g/mol. The number of Topliss-reactive ketones (excluding diaryl/α,β-unsaturated/α-hetero) is 1. The normalized spacial score (nSPS) is 16.1. The first kappa shape index (κ1) is 14.5. The topological polar surface area (TPSA) is 34.9 Å². The van der Waals surface area contributed by atoms with Gasteiger partial charge < -0.3 is 0 Å². The lowest BCUT2D eigenvalue weighted by Gasteiger charge is -2.05. The molecule has 0 bridgehead atoms. The highest BCUT2D eigenvalue weighted by molar-refractivity contribution is 9.10. The van der Waals surface area contributed by atoms with Crippen molar-refractivity contribution in [3.63, 3.8) is 0 Å². The van der Waals surface area contributed by atoms with E-state index in [0.29, 0.717) is 6.42 Å². The van der Waals surface area contributed by atoms with Crippen LogP contribution in [0.2, 0.25) is 0 Å². The maximum Gasteiger partial charge on any atom is 0.164 e. The number of allylic oxidation sites excluding steroid dienone is 2. The van der Waals surface area contributed by atoms with Gasteiger partial charge in [0, 0.05) is 7.05 Å². The third-order valence-corrected chi connectivity index (χ3v) is 4.65. The van der Waals surface area contributed by atoms with Gasteiger partial charge in [0.1, 0.15) is 0 Å². The molecule has 0 unspecified atom stereocenters. The van der Waals surface area contributed by atoms with Crippen molar-refractivity contribution in [2.24, 2.45) is 7.05 Å². The van der Waals surface area contributed by atoms with Crippen molar-refractivity contribution >= 4 is 21.7 Å². The van der Waals surface area contributed by atoms with Gasteiger partial charge >= 0.3 is 0 Å². The lowest BCUT2D eigenvalue weighted by Crippen LogP contribution is -2.10. The van der Waals surface area contributed by atoms with Crippen molar-refractivity contribution in [2.45, 2.75) is 51.9 Å². The summed E-state index contributed by atoms with van der Waals surface area (Å²) in [6.45, 7) is 2.08. The van der Waals surface area contributed by atoms with Crippen molar-refractivity contribution in [2.75, 3.05) is 0 Å². The number of carbonyl (C=O) groups excluding carboxylic acids is 1. The smallest absolute Gasteiger partial charge is 0.164 e. The van der Waals surface area contributed by atoms with Crippen LogP contribution < -0.4 is 0 Å². The Balaban J connectivity index is 2.14. The summed E-state index contributed by atoms with van der Waals surface area (Å²) in [5.74, 6) is 0.258. The van der Waals surface area contributed by atoms with E-state index in [1.807, 2.05) is 11.7 Å². The summed E-state index contributed by atoms with van der Waals surface area (Å²) >= 11 is 3.58. The van der Waals surface area contributed by atoms with E-state index in [9.17, 15) is 4.79 Å². The average molecular weight is 325 g/mol. The number of aromatic nitrogens is 2. The predicted octanol–water partition coefficient (Wildman–Crippen LogP) is 3.75. The molecule has 1 heterocycles. The van der Waals surface area contributed by atoms with Gasteiger partial charge in [-0.1, -0.05) is 19.4 Å². The predicted molar refractivity (Wildman–Crippen MR) is 80.2 cm³/mol. The molecule has 3 nitrogen and oxygen atoms in total. The zero-order valence-corrected chi connectivity index (χ0v) is 13.3. The molecule has 1 aliphatic carbocycles. The Hall–Kier alpha value is -0.900. The Kier molecular flexibility index (Phi) is 4.97. The Labute approximate surface area is 123 Å². The monoisotopic (exact) mass is 324 g/mol. The van der Waals surface area contributed by atoms with Crippen molar-refractivity contribution in [3.8, 4) is 0 Å². The van der Waals surface area contributed by atoms with E-state index in [0.717, 1.165) is 47.1 Å². The molecule has 104 valence electrons. The molecule has 0 aromatic carbocycles. The second-order valence-electron chi connectivity index (χ2n) is 5.11. The van der Waals surface area contributed by atoms with Crippen LogP contribution >= 0.6 is 15.9 Å². The molecular formula is C15H21BrN2O. The summed E-state index contributed by atoms with van der Waals surface area (Å²) in [6, 6.07) is 0. The van der Waals surface area contributed by atoms with Crippen LogP contribution in [0.15, 0.2) is 16.1 Å². The number of aryl methyl sites for hydroxylation is 2. The van der Waals surface area contributed by atoms with E-state index in [1.54, 1.807) is 0 Å². The average Bonchev–Trinajstić information content (AvgIpc) is 2.64. The Bertz CT molecular complexity index is 502. The van der Waals surface area contributed by atoms with Gasteiger partial charge in [0.05, 0.1) is 22.3 Å². The fraction of sp³-hybridized carbons (Fsp3) is 0.600. The number of hydrogen-bond donors (Lipinski definition) is 0. The van der Waals surface area contributed by atoms with Gasteiger partial charge in [-0.25, -0.2) is 0 Å². The highest BCUT2D eigenvalue weighted by Gasteiger charge is 2.18. The highest BCUT2D eigenvalue weighted by atomic mass is 79.9. The van der Waals surface area contributed by atoms with Crippen LogP contribution in [0.4, 0.5) is 0 Å². The van der Waals surface area contributed by atoms with Crippen LogP contribution in [-0.4, -0.2) is 15.6 Å². The van der Waals surface area contributed by atoms with Crippen molar-refractivity contribution < 1.29 is 4.79 Å². The van der Waals surface area contributed by atoms with E-state index < -0.39 is 0 Å². The zero-order valence-electron chi connectivity index (χ0n) is 11.7. The van der Waals surface area contributed by atoms with E-state index in [1.165, 1.54) is 12.8 Å². The highest BCUT2D eigenvalue weighted by Crippen LogP contribution is 2.24. The number of halogens is 1. The van der Waals surface area contributed by atoms with Gasteiger partial charge in [0.15, 0.2) is 5.78 Å². The number of ketones is 1. The summed E-state index contributed by atoms with van der Waals surface area (Å²) in [5.41, 5.74) is 3.04. The van der Waals surface area contributed by atoms with Gasteiger partial charge in [-0.3, -0.25) is 9.48 Å².